The van der Waals surface area contributed by atoms with Crippen LogP contribution in [-0.2, 0) is 0 Å². The zero-order valence-corrected chi connectivity index (χ0v) is 14.3. The summed E-state index contributed by atoms with van der Waals surface area (Å²) in [6.07, 6.45) is 3.68. The fraction of sp³-hybridized carbons (Fsp3) is 0.105. The van der Waals surface area contributed by atoms with Gasteiger partial charge in [0.2, 0.25) is 0 Å². The van der Waals surface area contributed by atoms with Gasteiger partial charge < -0.3 is 0 Å². The molecule has 0 radical (unpaired) electrons. The lowest BCUT2D eigenvalue weighted by Gasteiger charge is -1.97. The quantitative estimate of drug-likeness (QED) is 0.493. The van der Waals surface area contributed by atoms with Crippen LogP contribution in [0.3, 0.4) is 0 Å². The van der Waals surface area contributed by atoms with Crippen LogP contribution in [0.4, 0.5) is 0 Å². The molecule has 0 aliphatic carbocycles. The van der Waals surface area contributed by atoms with Crippen LogP contribution in [0.15, 0.2) is 54.9 Å². The van der Waals surface area contributed by atoms with E-state index in [2.05, 4.69) is 25.1 Å². The lowest BCUT2D eigenvalue weighted by atomic mass is 10.2. The normalized spacial score (nSPS) is 11.5. The van der Waals surface area contributed by atoms with Gasteiger partial charge in [-0.1, -0.05) is 30.3 Å². The molecule has 5 aromatic rings. The Morgan fingerprint density at radius 1 is 0.846 bits per heavy atom. The molecular formula is C19H15N7. The molecule has 126 valence electrons. The van der Waals surface area contributed by atoms with E-state index in [9.17, 15) is 0 Å². The molecule has 0 unspecified atom stereocenters. The number of benzene rings is 1. The van der Waals surface area contributed by atoms with Gasteiger partial charge in [-0.15, -0.1) is 10.2 Å². The number of fused-ring (bicyclic) bond motifs is 2. The van der Waals surface area contributed by atoms with Crippen LogP contribution < -0.4 is 0 Å². The van der Waals surface area contributed by atoms with Crippen LogP contribution in [-0.4, -0.2) is 34.2 Å². The highest BCUT2D eigenvalue weighted by atomic mass is 15.3. The standard InChI is InChI=1S/C19H15N7/c1-12-11-20-13(2)19-22-18(24-26(12)19)15-8-9-25-16(10-15)21-17(23-25)14-6-4-3-5-7-14/h3-11H,1-2H3. The number of aromatic nitrogens is 7. The zero-order valence-electron chi connectivity index (χ0n) is 14.3. The van der Waals surface area contributed by atoms with E-state index in [4.69, 9.17) is 0 Å². The minimum atomic E-state index is 0.649. The fourth-order valence-electron chi connectivity index (χ4n) is 2.95. The van der Waals surface area contributed by atoms with Crippen molar-refractivity contribution in [2.45, 2.75) is 13.8 Å². The smallest absolute Gasteiger partial charge is 0.182 e. The number of aryl methyl sites for hydroxylation is 2. The molecule has 0 spiro atoms. The first-order valence-corrected chi connectivity index (χ1v) is 8.30. The first-order valence-electron chi connectivity index (χ1n) is 8.30. The van der Waals surface area contributed by atoms with Gasteiger partial charge in [-0.3, -0.25) is 4.98 Å². The van der Waals surface area contributed by atoms with Crippen molar-refractivity contribution in [1.82, 2.24) is 34.2 Å². The number of nitrogens with zero attached hydrogens (tertiary/aromatic N) is 7. The molecule has 0 aliphatic heterocycles. The van der Waals surface area contributed by atoms with E-state index >= 15 is 0 Å². The van der Waals surface area contributed by atoms with Crippen molar-refractivity contribution in [3.63, 3.8) is 0 Å². The molecule has 0 amide bonds. The van der Waals surface area contributed by atoms with Crippen molar-refractivity contribution < 1.29 is 0 Å². The Morgan fingerprint density at radius 3 is 2.46 bits per heavy atom. The molecule has 5 rings (SSSR count). The summed E-state index contributed by atoms with van der Waals surface area (Å²) in [6.45, 7) is 3.90. The van der Waals surface area contributed by atoms with E-state index < -0.39 is 0 Å². The summed E-state index contributed by atoms with van der Waals surface area (Å²) < 4.78 is 3.58. The second-order valence-electron chi connectivity index (χ2n) is 6.18. The Bertz CT molecular complexity index is 1210. The van der Waals surface area contributed by atoms with Crippen molar-refractivity contribution >= 4 is 11.3 Å². The van der Waals surface area contributed by atoms with Crippen molar-refractivity contribution in [2.75, 3.05) is 0 Å². The van der Waals surface area contributed by atoms with Crippen LogP contribution in [0.25, 0.3) is 34.1 Å². The summed E-state index contributed by atoms with van der Waals surface area (Å²) in [5.41, 5.74) is 5.20. The number of hydrogen-bond acceptors (Lipinski definition) is 5. The van der Waals surface area contributed by atoms with Gasteiger partial charge in [-0.2, -0.15) is 0 Å². The summed E-state index contributed by atoms with van der Waals surface area (Å²) in [7, 11) is 0. The van der Waals surface area contributed by atoms with E-state index in [0.717, 1.165) is 33.8 Å². The summed E-state index contributed by atoms with van der Waals surface area (Å²) >= 11 is 0. The summed E-state index contributed by atoms with van der Waals surface area (Å²) in [5.74, 6) is 1.34. The van der Waals surface area contributed by atoms with Gasteiger partial charge >= 0.3 is 0 Å². The van der Waals surface area contributed by atoms with Gasteiger partial charge in [-0.25, -0.2) is 19.0 Å². The molecule has 0 atom stereocenters. The molecule has 4 heterocycles. The Balaban J connectivity index is 1.64. The van der Waals surface area contributed by atoms with Gasteiger partial charge in [0.1, 0.15) is 0 Å². The zero-order chi connectivity index (χ0) is 17.7. The first kappa shape index (κ1) is 14.7. The summed E-state index contributed by atoms with van der Waals surface area (Å²) in [6, 6.07) is 13.8. The number of pyridine rings is 1. The van der Waals surface area contributed by atoms with Crippen LogP contribution in [0.1, 0.15) is 11.4 Å². The van der Waals surface area contributed by atoms with Crippen molar-refractivity contribution in [3.05, 3.63) is 66.2 Å². The van der Waals surface area contributed by atoms with Crippen LogP contribution in [0.5, 0.6) is 0 Å². The second-order valence-corrected chi connectivity index (χ2v) is 6.18. The molecule has 0 saturated carbocycles. The highest BCUT2D eigenvalue weighted by Gasteiger charge is 2.13. The third kappa shape index (κ3) is 2.25. The molecule has 1 aromatic carbocycles. The number of rotatable bonds is 2. The fourth-order valence-corrected chi connectivity index (χ4v) is 2.95. The molecule has 0 bridgehead atoms. The maximum absolute atomic E-state index is 4.65. The third-order valence-electron chi connectivity index (χ3n) is 4.34. The predicted octanol–water partition coefficient (Wildman–Crippen LogP) is 3.12. The number of hydrogen-bond donors (Lipinski definition) is 0. The molecular weight excluding hydrogens is 326 g/mol. The van der Waals surface area contributed by atoms with Gasteiger partial charge in [-0.05, 0) is 26.0 Å². The van der Waals surface area contributed by atoms with Gasteiger partial charge in [0.25, 0.3) is 0 Å². The van der Waals surface area contributed by atoms with Crippen molar-refractivity contribution in [3.8, 4) is 22.8 Å². The Hall–Kier alpha value is -3.61. The lowest BCUT2D eigenvalue weighted by Crippen LogP contribution is -1.97. The maximum atomic E-state index is 4.65. The topological polar surface area (TPSA) is 73.3 Å². The summed E-state index contributed by atoms with van der Waals surface area (Å²) in [4.78, 5) is 13.6. The third-order valence-corrected chi connectivity index (χ3v) is 4.34. The van der Waals surface area contributed by atoms with Crippen LogP contribution >= 0.6 is 0 Å². The average Bonchev–Trinajstić information content (AvgIpc) is 3.30. The van der Waals surface area contributed by atoms with Crippen LogP contribution in [0.2, 0.25) is 0 Å². The van der Waals surface area contributed by atoms with E-state index in [1.165, 1.54) is 0 Å². The molecule has 0 N–H and O–H groups in total. The van der Waals surface area contributed by atoms with E-state index in [1.54, 1.807) is 10.7 Å². The highest BCUT2D eigenvalue weighted by Crippen LogP contribution is 2.21. The first-order chi connectivity index (χ1) is 12.7. The minimum absolute atomic E-state index is 0.649. The second kappa shape index (κ2) is 5.45. The predicted molar refractivity (Wildman–Crippen MR) is 97.7 cm³/mol. The van der Waals surface area contributed by atoms with Crippen molar-refractivity contribution in [2.24, 2.45) is 0 Å². The average molecular weight is 341 g/mol. The highest BCUT2D eigenvalue weighted by molar-refractivity contribution is 5.65. The Labute approximate surface area is 149 Å². The lowest BCUT2D eigenvalue weighted by molar-refractivity contribution is 0.890. The molecule has 7 nitrogen and oxygen atoms in total. The van der Waals surface area contributed by atoms with Crippen LogP contribution in [0, 0.1) is 13.8 Å². The van der Waals surface area contributed by atoms with Gasteiger partial charge in [0.05, 0.1) is 11.4 Å². The Morgan fingerprint density at radius 2 is 1.65 bits per heavy atom. The summed E-state index contributed by atoms with van der Waals surface area (Å²) in [5, 5.41) is 9.16. The van der Waals surface area contributed by atoms with E-state index in [-0.39, 0.29) is 0 Å². The molecule has 4 aromatic heterocycles. The Kier molecular flexibility index (Phi) is 3.08. The van der Waals surface area contributed by atoms with Gasteiger partial charge in [0, 0.05) is 23.5 Å². The molecule has 26 heavy (non-hydrogen) atoms. The monoisotopic (exact) mass is 341 g/mol. The largest absolute Gasteiger partial charge is 0.256 e. The van der Waals surface area contributed by atoms with Crippen molar-refractivity contribution in [1.29, 1.82) is 0 Å². The van der Waals surface area contributed by atoms with Gasteiger partial charge in [0.15, 0.2) is 22.9 Å². The molecule has 7 heteroatoms. The molecule has 0 fully saturated rings. The minimum Gasteiger partial charge on any atom is -0.256 e. The maximum Gasteiger partial charge on any atom is 0.182 e. The SMILES string of the molecule is Cc1ncc(C)n2nc(-c3ccn4nc(-c5ccccc5)nc4c3)nc12. The van der Waals surface area contributed by atoms with E-state index in [1.807, 2.05) is 67.0 Å². The molecule has 0 saturated heterocycles. The van der Waals surface area contributed by atoms with E-state index in [0.29, 0.717) is 11.6 Å². The molecule has 0 aliphatic rings.